The Balaban J connectivity index is 2.00. The van der Waals surface area contributed by atoms with E-state index < -0.39 is 10.0 Å². The summed E-state index contributed by atoms with van der Waals surface area (Å²) in [6, 6.07) is 10.1. The number of hydrogen-bond donors (Lipinski definition) is 1. The Labute approximate surface area is 201 Å². The number of aryl methyl sites for hydroxylation is 1. The summed E-state index contributed by atoms with van der Waals surface area (Å²) < 4.78 is 40.6. The highest BCUT2D eigenvalue weighted by Gasteiger charge is 2.28. The minimum absolute atomic E-state index is 0.0410. The molecule has 0 amide bonds. The number of rotatable bonds is 6. The van der Waals surface area contributed by atoms with Crippen molar-refractivity contribution >= 4 is 49.1 Å². The normalized spacial score (nSPS) is 12.7. The molecule has 0 saturated carbocycles. The zero-order chi connectivity index (χ0) is 24.9. The second kappa shape index (κ2) is 8.47. The lowest BCUT2D eigenvalue weighted by molar-refractivity contribution is 0.185. The monoisotopic (exact) mass is 492 g/mol. The molecule has 180 valence electrons. The molecule has 0 saturated heterocycles. The number of oxazole rings is 1. The molecule has 3 heterocycles. The molecule has 35 heavy (non-hydrogen) atoms. The van der Waals surface area contributed by atoms with E-state index in [1.165, 1.54) is 23.5 Å². The molecular weight excluding hydrogens is 468 g/mol. The molecule has 0 aliphatic rings. The van der Waals surface area contributed by atoms with E-state index in [1.807, 2.05) is 20.8 Å². The van der Waals surface area contributed by atoms with E-state index in [-0.39, 0.29) is 17.4 Å². The van der Waals surface area contributed by atoms with Gasteiger partial charge in [-0.25, -0.2) is 17.4 Å². The van der Waals surface area contributed by atoms with Crippen LogP contribution in [-0.4, -0.2) is 40.9 Å². The third-order valence-electron chi connectivity index (χ3n) is 5.96. The molecule has 0 unspecified atom stereocenters. The van der Waals surface area contributed by atoms with Crippen molar-refractivity contribution in [2.75, 3.05) is 7.11 Å². The molecule has 3 aromatic heterocycles. The minimum atomic E-state index is -4.01. The van der Waals surface area contributed by atoms with E-state index in [9.17, 15) is 13.6 Å². The first kappa shape index (κ1) is 23.0. The minimum Gasteiger partial charge on any atom is -0.440 e. The van der Waals surface area contributed by atoms with Gasteiger partial charge >= 0.3 is 0 Å². The van der Waals surface area contributed by atoms with Gasteiger partial charge in [0.25, 0.3) is 10.0 Å². The maximum atomic E-state index is 14.0. The number of nitrogens with zero attached hydrogens (tertiary/aromatic N) is 4. The van der Waals surface area contributed by atoms with Crippen LogP contribution in [0.4, 0.5) is 0 Å². The van der Waals surface area contributed by atoms with E-state index >= 15 is 0 Å². The van der Waals surface area contributed by atoms with Crippen LogP contribution in [-0.2, 0) is 21.4 Å². The maximum Gasteiger partial charge on any atom is 0.268 e. The Kier molecular flexibility index (Phi) is 5.57. The molecule has 0 bridgehead atoms. The molecule has 0 spiro atoms. The number of hydrogen-bond acceptors (Lipinski definition) is 8. The lowest BCUT2D eigenvalue weighted by atomic mass is 10.1. The molecule has 2 aromatic carbocycles. The van der Waals surface area contributed by atoms with Gasteiger partial charge in [-0.3, -0.25) is 4.98 Å². The predicted molar refractivity (Wildman–Crippen MR) is 133 cm³/mol. The van der Waals surface area contributed by atoms with Crippen molar-refractivity contribution in [3.8, 4) is 0 Å². The number of ether oxygens (including phenoxy) is 1. The van der Waals surface area contributed by atoms with Crippen molar-refractivity contribution in [3.63, 3.8) is 0 Å². The molecule has 0 radical (unpaired) electrons. The smallest absolute Gasteiger partial charge is 0.268 e. The number of oxime groups is 1. The van der Waals surface area contributed by atoms with E-state index in [0.717, 1.165) is 5.56 Å². The van der Waals surface area contributed by atoms with Crippen LogP contribution >= 0.6 is 0 Å². The van der Waals surface area contributed by atoms with Gasteiger partial charge in [-0.15, -0.1) is 0 Å². The maximum absolute atomic E-state index is 14.0. The zero-order valence-corrected chi connectivity index (χ0v) is 20.5. The lowest BCUT2D eigenvalue weighted by Crippen LogP contribution is -2.13. The number of pyridine rings is 1. The average molecular weight is 493 g/mol. The van der Waals surface area contributed by atoms with Crippen molar-refractivity contribution in [1.29, 1.82) is 0 Å². The van der Waals surface area contributed by atoms with Crippen molar-refractivity contribution in [3.05, 3.63) is 65.3 Å². The van der Waals surface area contributed by atoms with Crippen LogP contribution in [0.2, 0.25) is 0 Å². The van der Waals surface area contributed by atoms with Gasteiger partial charge in [-0.1, -0.05) is 36.7 Å². The van der Waals surface area contributed by atoms with E-state index in [1.54, 1.807) is 36.4 Å². The Hall–Kier alpha value is -3.76. The average Bonchev–Trinajstić information content (AvgIpc) is 3.40. The highest BCUT2D eigenvalue weighted by atomic mass is 32.2. The molecule has 0 atom stereocenters. The quantitative estimate of drug-likeness (QED) is 0.202. The summed E-state index contributed by atoms with van der Waals surface area (Å²) in [6.45, 7) is 5.96. The first-order valence-corrected chi connectivity index (χ1v) is 12.5. The Morgan fingerprint density at radius 1 is 1.14 bits per heavy atom. The fourth-order valence-electron chi connectivity index (χ4n) is 4.31. The van der Waals surface area contributed by atoms with Crippen LogP contribution < -0.4 is 0 Å². The summed E-state index contributed by atoms with van der Waals surface area (Å²) in [5.74, 6) is 0.591. The zero-order valence-electron chi connectivity index (χ0n) is 19.7. The number of benzene rings is 2. The van der Waals surface area contributed by atoms with Crippen LogP contribution in [0.5, 0.6) is 0 Å². The molecule has 0 aliphatic heterocycles. The summed E-state index contributed by atoms with van der Waals surface area (Å²) in [5.41, 5.74) is 3.78. The lowest BCUT2D eigenvalue weighted by Gasteiger charge is -2.10. The fraction of sp³-hybridized carbons (Fsp3) is 0.240. The number of fused-ring (bicyclic) bond motifs is 5. The first-order chi connectivity index (χ1) is 16.8. The van der Waals surface area contributed by atoms with Crippen LogP contribution in [0.3, 0.4) is 0 Å². The molecule has 0 fully saturated rings. The van der Waals surface area contributed by atoms with Crippen LogP contribution in [0.25, 0.3) is 32.9 Å². The Morgan fingerprint density at radius 3 is 2.54 bits per heavy atom. The van der Waals surface area contributed by atoms with Crippen LogP contribution in [0.15, 0.2) is 57.1 Å². The summed E-state index contributed by atoms with van der Waals surface area (Å²) in [6.07, 6.45) is 2.67. The second-order valence-electron chi connectivity index (χ2n) is 8.66. The molecular formula is C25H24N4O5S. The van der Waals surface area contributed by atoms with Gasteiger partial charge in [-0.05, 0) is 31.2 Å². The van der Waals surface area contributed by atoms with Gasteiger partial charge in [0.1, 0.15) is 5.52 Å². The predicted octanol–water partition coefficient (Wildman–Crippen LogP) is 4.95. The van der Waals surface area contributed by atoms with Gasteiger partial charge in [0.2, 0.25) is 0 Å². The van der Waals surface area contributed by atoms with E-state index in [2.05, 4.69) is 10.1 Å². The fourth-order valence-corrected chi connectivity index (χ4v) is 5.81. The number of aromatic nitrogens is 3. The molecule has 1 N–H and O–H groups in total. The second-order valence-corrected chi connectivity index (χ2v) is 10.4. The van der Waals surface area contributed by atoms with Gasteiger partial charge in [0.05, 0.1) is 40.6 Å². The summed E-state index contributed by atoms with van der Waals surface area (Å²) in [4.78, 5) is 9.27. The summed E-state index contributed by atoms with van der Waals surface area (Å²) in [5, 5.41) is 13.5. The molecule has 5 rings (SSSR count). The molecule has 9 nitrogen and oxygen atoms in total. The van der Waals surface area contributed by atoms with E-state index in [0.29, 0.717) is 50.1 Å². The summed E-state index contributed by atoms with van der Waals surface area (Å²) >= 11 is 0. The third kappa shape index (κ3) is 3.57. The van der Waals surface area contributed by atoms with Crippen molar-refractivity contribution in [2.45, 2.75) is 38.2 Å². The van der Waals surface area contributed by atoms with Crippen LogP contribution in [0, 0.1) is 6.92 Å². The first-order valence-electron chi connectivity index (χ1n) is 11.0. The van der Waals surface area contributed by atoms with Crippen molar-refractivity contribution in [1.82, 2.24) is 13.9 Å². The third-order valence-corrected chi connectivity index (χ3v) is 7.70. The van der Waals surface area contributed by atoms with Gasteiger partial charge in [-0.2, -0.15) is 0 Å². The Morgan fingerprint density at radius 2 is 1.89 bits per heavy atom. The molecule has 10 heteroatoms. The molecule has 5 aromatic rings. The van der Waals surface area contributed by atoms with Crippen molar-refractivity contribution < 1.29 is 22.8 Å². The Bertz CT molecular complexity index is 1710. The highest BCUT2D eigenvalue weighted by Crippen LogP contribution is 2.39. The van der Waals surface area contributed by atoms with E-state index in [4.69, 9.17) is 14.1 Å². The van der Waals surface area contributed by atoms with Crippen molar-refractivity contribution in [2.24, 2.45) is 5.16 Å². The van der Waals surface area contributed by atoms with Gasteiger partial charge < -0.3 is 14.4 Å². The standard InChI is InChI=1S/C25H24N4O5S/c1-14(2)25-28-24-21(34-25)10-9-19-23(24)22-17(13-33-4)18(11-27-30)26-12-20(22)29(19)35(31,32)16-7-5-15(3)6-8-16/h5-12,14,30H,13H2,1-4H3/b27-11+. The highest BCUT2D eigenvalue weighted by molar-refractivity contribution is 7.90. The topological polar surface area (TPSA) is 120 Å². The molecule has 0 aliphatic carbocycles. The van der Waals surface area contributed by atoms with Gasteiger partial charge in [0, 0.05) is 29.4 Å². The SMILES string of the molecule is COCc1c(/C=N/O)ncc2c1c1c3nc(C(C)C)oc3ccc1n2S(=O)(=O)c1ccc(C)cc1. The summed E-state index contributed by atoms with van der Waals surface area (Å²) in [7, 11) is -2.47. The largest absolute Gasteiger partial charge is 0.440 e. The van der Waals surface area contributed by atoms with Crippen LogP contribution in [0.1, 0.15) is 42.5 Å². The van der Waals surface area contributed by atoms with Gasteiger partial charge in [0.15, 0.2) is 11.5 Å². The number of methoxy groups -OCH3 is 1.